The van der Waals surface area contributed by atoms with Crippen molar-refractivity contribution < 1.29 is 14.0 Å². The van der Waals surface area contributed by atoms with Gasteiger partial charge in [-0.1, -0.05) is 15.9 Å². The summed E-state index contributed by atoms with van der Waals surface area (Å²) in [6.45, 7) is 0.636. The second-order valence-electron chi connectivity index (χ2n) is 4.47. The highest BCUT2D eigenvalue weighted by molar-refractivity contribution is 9.10. The molecule has 2 rings (SSSR count). The lowest BCUT2D eigenvalue weighted by Crippen LogP contribution is -2.45. The van der Waals surface area contributed by atoms with E-state index in [1.807, 2.05) is 0 Å². The Morgan fingerprint density at radius 1 is 1.37 bits per heavy atom. The summed E-state index contributed by atoms with van der Waals surface area (Å²) in [7, 11) is 0. The van der Waals surface area contributed by atoms with Crippen molar-refractivity contribution in [1.29, 1.82) is 0 Å². The van der Waals surface area contributed by atoms with Crippen LogP contribution in [0.5, 0.6) is 0 Å². The first-order valence-electron chi connectivity index (χ1n) is 6.11. The standard InChI is InChI=1S/C13H14BrFN2O2/c14-9-5-8(6-10(15)7-9)12(18)17-11-3-1-2-4-16-13(11)19/h5-7,11H,1-4H2,(H,16,19)(H,17,18)/t11-/m1/s1. The van der Waals surface area contributed by atoms with Crippen LogP contribution in [0.2, 0.25) is 0 Å². The smallest absolute Gasteiger partial charge is 0.252 e. The molecule has 0 aromatic heterocycles. The van der Waals surface area contributed by atoms with Gasteiger partial charge in [-0.15, -0.1) is 0 Å². The van der Waals surface area contributed by atoms with Gasteiger partial charge in [0.15, 0.2) is 0 Å². The molecule has 0 radical (unpaired) electrons. The van der Waals surface area contributed by atoms with Crippen molar-refractivity contribution in [2.45, 2.75) is 25.3 Å². The van der Waals surface area contributed by atoms with Crippen LogP contribution in [-0.2, 0) is 4.79 Å². The summed E-state index contributed by atoms with van der Waals surface area (Å²) < 4.78 is 13.7. The molecule has 102 valence electrons. The topological polar surface area (TPSA) is 58.2 Å². The monoisotopic (exact) mass is 328 g/mol. The summed E-state index contributed by atoms with van der Waals surface area (Å²) in [5, 5.41) is 5.38. The van der Waals surface area contributed by atoms with Crippen molar-refractivity contribution in [2.75, 3.05) is 6.54 Å². The second-order valence-corrected chi connectivity index (χ2v) is 5.39. The van der Waals surface area contributed by atoms with Crippen LogP contribution in [0.3, 0.4) is 0 Å². The van der Waals surface area contributed by atoms with Gasteiger partial charge in [0.2, 0.25) is 5.91 Å². The van der Waals surface area contributed by atoms with Gasteiger partial charge < -0.3 is 10.6 Å². The predicted molar refractivity (Wildman–Crippen MR) is 72.2 cm³/mol. The van der Waals surface area contributed by atoms with Crippen molar-refractivity contribution in [3.63, 3.8) is 0 Å². The third kappa shape index (κ3) is 3.76. The van der Waals surface area contributed by atoms with Crippen LogP contribution in [0, 0.1) is 5.82 Å². The van der Waals surface area contributed by atoms with Gasteiger partial charge in [0.25, 0.3) is 5.91 Å². The van der Waals surface area contributed by atoms with Crippen molar-refractivity contribution >= 4 is 27.7 Å². The Labute approximate surface area is 118 Å². The van der Waals surface area contributed by atoms with E-state index in [4.69, 9.17) is 0 Å². The zero-order chi connectivity index (χ0) is 13.8. The van der Waals surface area contributed by atoms with Crippen molar-refractivity contribution in [3.05, 3.63) is 34.1 Å². The minimum absolute atomic E-state index is 0.179. The molecular weight excluding hydrogens is 315 g/mol. The molecule has 1 aromatic rings. The molecular formula is C13H14BrFN2O2. The molecule has 1 aromatic carbocycles. The molecule has 2 amide bonds. The van der Waals surface area contributed by atoms with Gasteiger partial charge in [0.1, 0.15) is 11.9 Å². The number of amides is 2. The van der Waals surface area contributed by atoms with Crippen molar-refractivity contribution in [2.24, 2.45) is 0 Å². The van der Waals surface area contributed by atoms with E-state index in [-0.39, 0.29) is 11.5 Å². The number of hydrogen-bond acceptors (Lipinski definition) is 2. The number of benzene rings is 1. The largest absolute Gasteiger partial charge is 0.354 e. The quantitative estimate of drug-likeness (QED) is 0.872. The van der Waals surface area contributed by atoms with E-state index < -0.39 is 17.8 Å². The van der Waals surface area contributed by atoms with E-state index in [1.54, 1.807) is 0 Å². The van der Waals surface area contributed by atoms with Gasteiger partial charge in [0, 0.05) is 16.6 Å². The normalized spacial score (nSPS) is 19.5. The molecule has 0 spiro atoms. The lowest BCUT2D eigenvalue weighted by atomic mass is 10.1. The van der Waals surface area contributed by atoms with E-state index in [2.05, 4.69) is 26.6 Å². The first-order valence-corrected chi connectivity index (χ1v) is 6.90. The minimum atomic E-state index is -0.544. The van der Waals surface area contributed by atoms with Gasteiger partial charge in [0.05, 0.1) is 0 Å². The molecule has 1 aliphatic heterocycles. The van der Waals surface area contributed by atoms with E-state index in [1.165, 1.54) is 12.1 Å². The SMILES string of the molecule is O=C(N[C@@H]1CCCCNC1=O)c1cc(F)cc(Br)c1. The molecule has 4 nitrogen and oxygen atoms in total. The van der Waals surface area contributed by atoms with Crippen molar-refractivity contribution in [1.82, 2.24) is 10.6 Å². The molecule has 0 saturated carbocycles. The van der Waals surface area contributed by atoms with Crippen LogP contribution in [0.15, 0.2) is 22.7 Å². The summed E-state index contributed by atoms with van der Waals surface area (Å²) in [5.41, 5.74) is 0.198. The Morgan fingerprint density at radius 3 is 2.89 bits per heavy atom. The second kappa shape index (κ2) is 6.14. The molecule has 6 heteroatoms. The Hall–Kier alpha value is -1.43. The van der Waals surface area contributed by atoms with Crippen LogP contribution in [0.4, 0.5) is 4.39 Å². The minimum Gasteiger partial charge on any atom is -0.354 e. The maximum Gasteiger partial charge on any atom is 0.252 e. The molecule has 1 aliphatic rings. The Kier molecular flexibility index (Phi) is 4.52. The number of nitrogens with one attached hydrogen (secondary N) is 2. The summed E-state index contributed by atoms with van der Waals surface area (Å²) in [4.78, 5) is 23.7. The van der Waals surface area contributed by atoms with Gasteiger partial charge in [-0.05, 0) is 37.5 Å². The average Bonchev–Trinajstić information content (AvgIpc) is 2.54. The number of rotatable bonds is 2. The number of halogens is 2. The lowest BCUT2D eigenvalue weighted by Gasteiger charge is -2.15. The number of hydrogen-bond donors (Lipinski definition) is 2. The third-order valence-corrected chi connectivity index (χ3v) is 3.42. The van der Waals surface area contributed by atoms with Gasteiger partial charge in [-0.25, -0.2) is 4.39 Å². The highest BCUT2D eigenvalue weighted by Crippen LogP contribution is 2.15. The first kappa shape index (κ1) is 14.0. The van der Waals surface area contributed by atoms with Crippen LogP contribution < -0.4 is 10.6 Å². The fraction of sp³-hybridized carbons (Fsp3) is 0.385. The van der Waals surface area contributed by atoms with Gasteiger partial charge in [-0.3, -0.25) is 9.59 Å². The number of carbonyl (C=O) groups excluding carboxylic acids is 2. The van der Waals surface area contributed by atoms with Crippen LogP contribution in [-0.4, -0.2) is 24.4 Å². The molecule has 0 unspecified atom stereocenters. The fourth-order valence-electron chi connectivity index (χ4n) is 2.00. The summed E-state index contributed by atoms with van der Waals surface area (Å²) >= 11 is 3.13. The van der Waals surface area contributed by atoms with Crippen LogP contribution >= 0.6 is 15.9 Å². The predicted octanol–water partition coefficient (Wildman–Crippen LogP) is 1.99. The first-order chi connectivity index (χ1) is 9.06. The molecule has 19 heavy (non-hydrogen) atoms. The molecule has 0 bridgehead atoms. The maximum atomic E-state index is 13.2. The van der Waals surface area contributed by atoms with Gasteiger partial charge >= 0.3 is 0 Å². The zero-order valence-corrected chi connectivity index (χ0v) is 11.8. The Morgan fingerprint density at radius 2 is 2.16 bits per heavy atom. The summed E-state index contributed by atoms with van der Waals surface area (Å²) in [5.74, 6) is -1.12. The third-order valence-electron chi connectivity index (χ3n) is 2.97. The molecule has 1 saturated heterocycles. The molecule has 2 N–H and O–H groups in total. The van der Waals surface area contributed by atoms with Crippen molar-refractivity contribution in [3.8, 4) is 0 Å². The summed E-state index contributed by atoms with van der Waals surface area (Å²) in [6, 6.07) is 3.40. The highest BCUT2D eigenvalue weighted by Gasteiger charge is 2.23. The highest BCUT2D eigenvalue weighted by atomic mass is 79.9. The Bertz CT molecular complexity index is 487. The van der Waals surface area contributed by atoms with Gasteiger partial charge in [-0.2, -0.15) is 0 Å². The lowest BCUT2D eigenvalue weighted by molar-refractivity contribution is -0.122. The molecule has 1 fully saturated rings. The van der Waals surface area contributed by atoms with E-state index >= 15 is 0 Å². The molecule has 0 aliphatic carbocycles. The van der Waals surface area contributed by atoms with E-state index in [9.17, 15) is 14.0 Å². The van der Waals surface area contributed by atoms with E-state index in [0.29, 0.717) is 17.4 Å². The maximum absolute atomic E-state index is 13.2. The summed E-state index contributed by atoms with van der Waals surface area (Å²) in [6.07, 6.45) is 2.38. The van der Waals surface area contributed by atoms with E-state index in [0.717, 1.165) is 18.9 Å². The molecule has 1 heterocycles. The number of carbonyl (C=O) groups is 2. The van der Waals surface area contributed by atoms with Crippen LogP contribution in [0.25, 0.3) is 0 Å². The zero-order valence-electron chi connectivity index (χ0n) is 10.2. The van der Waals surface area contributed by atoms with Crippen LogP contribution in [0.1, 0.15) is 29.6 Å². The Balaban J connectivity index is 2.09. The average molecular weight is 329 g/mol. The fourth-order valence-corrected chi connectivity index (χ4v) is 2.47. The molecule has 1 atom stereocenters.